The summed E-state index contributed by atoms with van der Waals surface area (Å²) in [5, 5.41) is 9.82. The van der Waals surface area contributed by atoms with Crippen LogP contribution in [-0.4, -0.2) is 53.3 Å². The summed E-state index contributed by atoms with van der Waals surface area (Å²) in [5.41, 5.74) is 0.885. The van der Waals surface area contributed by atoms with Crippen LogP contribution in [0.5, 0.6) is 0 Å². The van der Waals surface area contributed by atoms with Gasteiger partial charge in [-0.15, -0.1) is 0 Å². The molecule has 2 atom stereocenters. The fourth-order valence-corrected chi connectivity index (χ4v) is 4.04. The lowest BCUT2D eigenvalue weighted by Gasteiger charge is -2.48. The summed E-state index contributed by atoms with van der Waals surface area (Å²) in [7, 11) is 6.03. The maximum atomic E-state index is 9.82. The van der Waals surface area contributed by atoms with Crippen LogP contribution < -0.4 is 4.90 Å². The molecule has 1 aromatic heterocycles. The van der Waals surface area contributed by atoms with E-state index in [2.05, 4.69) is 20.5 Å². The molecule has 0 amide bonds. The third-order valence-electron chi connectivity index (χ3n) is 5.24. The number of anilines is 1. The third-order valence-corrected chi connectivity index (χ3v) is 5.24. The van der Waals surface area contributed by atoms with E-state index in [9.17, 15) is 5.26 Å². The predicted octanol–water partition coefficient (Wildman–Crippen LogP) is 1.91. The highest BCUT2D eigenvalue weighted by atomic mass is 16.5. The van der Waals surface area contributed by atoms with Crippen LogP contribution in [0.25, 0.3) is 0 Å². The number of hydrogen-bond acceptors (Lipinski definition) is 5. The van der Waals surface area contributed by atoms with Crippen molar-refractivity contribution < 1.29 is 4.74 Å². The molecule has 0 saturated carbocycles. The van der Waals surface area contributed by atoms with Gasteiger partial charge >= 0.3 is 0 Å². The Balaban J connectivity index is 1.80. The van der Waals surface area contributed by atoms with Crippen LogP contribution >= 0.6 is 0 Å². The predicted molar refractivity (Wildman–Crippen MR) is 89.1 cm³/mol. The Kier molecular flexibility index (Phi) is 4.60. The molecule has 3 rings (SSSR count). The monoisotopic (exact) mass is 317 g/mol. The van der Waals surface area contributed by atoms with Crippen molar-refractivity contribution in [2.45, 2.75) is 50.3 Å². The molecule has 23 heavy (non-hydrogen) atoms. The van der Waals surface area contributed by atoms with E-state index in [1.807, 2.05) is 32.2 Å². The minimum absolute atomic E-state index is 0.158. The summed E-state index contributed by atoms with van der Waals surface area (Å²) in [6.07, 6.45) is 7.33. The highest BCUT2D eigenvalue weighted by Crippen LogP contribution is 2.38. The van der Waals surface area contributed by atoms with Gasteiger partial charge in [0.25, 0.3) is 0 Å². The molecule has 0 aromatic carbocycles. The van der Waals surface area contributed by atoms with Crippen LogP contribution in [0.3, 0.4) is 0 Å². The van der Waals surface area contributed by atoms with Gasteiger partial charge in [0.15, 0.2) is 0 Å². The minimum Gasteiger partial charge on any atom is -0.372 e. The fourth-order valence-electron chi connectivity index (χ4n) is 4.04. The largest absolute Gasteiger partial charge is 0.372 e. The molecule has 2 aliphatic heterocycles. The van der Waals surface area contributed by atoms with Gasteiger partial charge in [-0.05, 0) is 32.1 Å². The van der Waals surface area contributed by atoms with Crippen molar-refractivity contribution in [2.75, 3.05) is 32.1 Å². The Bertz CT molecular complexity index is 577. The van der Waals surface area contributed by atoms with E-state index in [0.29, 0.717) is 0 Å². The van der Waals surface area contributed by atoms with Gasteiger partial charge in [0.05, 0.1) is 23.6 Å². The summed E-state index contributed by atoms with van der Waals surface area (Å²) in [6, 6.07) is 2.39. The quantitative estimate of drug-likeness (QED) is 0.852. The number of ether oxygens (including phenoxy) is 1. The molecule has 2 unspecified atom stereocenters. The smallest absolute Gasteiger partial charge is 0.204 e. The van der Waals surface area contributed by atoms with Crippen molar-refractivity contribution in [2.24, 2.45) is 7.05 Å². The lowest BCUT2D eigenvalue weighted by Crippen LogP contribution is -2.58. The van der Waals surface area contributed by atoms with Crippen LogP contribution in [0.2, 0.25) is 0 Å². The molecular formula is C17H27N5O. The molecule has 0 radical (unpaired) electrons. The number of hydrogen-bond donors (Lipinski definition) is 0. The van der Waals surface area contributed by atoms with E-state index in [1.54, 1.807) is 0 Å². The molecule has 3 heterocycles. The lowest BCUT2D eigenvalue weighted by atomic mass is 9.79. The molecular weight excluding hydrogens is 290 g/mol. The van der Waals surface area contributed by atoms with E-state index in [-0.39, 0.29) is 11.6 Å². The Labute approximate surface area is 138 Å². The van der Waals surface area contributed by atoms with E-state index >= 15 is 0 Å². The Morgan fingerprint density at radius 1 is 1.39 bits per heavy atom. The molecule has 2 aliphatic rings. The molecule has 1 aromatic rings. The van der Waals surface area contributed by atoms with Gasteiger partial charge in [-0.25, -0.2) is 4.98 Å². The third kappa shape index (κ3) is 2.96. The molecule has 0 N–H and O–H groups in total. The Hall–Kier alpha value is -1.58. The average molecular weight is 317 g/mol. The topological polar surface area (TPSA) is 57.3 Å². The summed E-state index contributed by atoms with van der Waals surface area (Å²) in [6.45, 7) is 2.50. The number of nitriles is 1. The van der Waals surface area contributed by atoms with Crippen molar-refractivity contribution in [3.8, 4) is 6.07 Å². The maximum absolute atomic E-state index is 9.82. The summed E-state index contributed by atoms with van der Waals surface area (Å²) >= 11 is 0. The fraction of sp³-hybridized carbons (Fsp3) is 0.765. The lowest BCUT2D eigenvalue weighted by molar-refractivity contribution is -0.138. The van der Waals surface area contributed by atoms with Crippen molar-refractivity contribution >= 4 is 5.95 Å². The molecule has 6 nitrogen and oxygen atoms in total. The van der Waals surface area contributed by atoms with Gasteiger partial charge < -0.3 is 14.2 Å². The van der Waals surface area contributed by atoms with Crippen LogP contribution in [0.1, 0.15) is 37.8 Å². The van der Waals surface area contributed by atoms with Gasteiger partial charge in [0, 0.05) is 40.8 Å². The number of nitrogens with zero attached hydrogens (tertiary/aromatic N) is 5. The Morgan fingerprint density at radius 2 is 2.17 bits per heavy atom. The first kappa shape index (κ1) is 16.3. The number of likely N-dealkylation sites (tertiary alicyclic amines) is 1. The van der Waals surface area contributed by atoms with Crippen LogP contribution in [-0.2, 0) is 18.3 Å². The van der Waals surface area contributed by atoms with E-state index in [1.165, 1.54) is 6.42 Å². The van der Waals surface area contributed by atoms with Crippen LogP contribution in [0, 0.1) is 11.3 Å². The molecule has 6 heteroatoms. The number of imidazole rings is 1. The average Bonchev–Trinajstić information content (AvgIpc) is 2.90. The normalized spacial score (nSPS) is 28.7. The number of piperidine rings is 1. The van der Waals surface area contributed by atoms with Crippen molar-refractivity contribution in [3.05, 3.63) is 11.9 Å². The van der Waals surface area contributed by atoms with Gasteiger partial charge in [-0.3, -0.25) is 4.90 Å². The SMILES string of the molecule is CN(C)c1ncc(CN2CCCC3(CCCCO3)C2C#N)n1C. The first-order chi connectivity index (χ1) is 11.1. The molecule has 0 aliphatic carbocycles. The van der Waals surface area contributed by atoms with E-state index in [0.717, 1.165) is 57.0 Å². The second kappa shape index (κ2) is 6.50. The Morgan fingerprint density at radius 3 is 2.78 bits per heavy atom. The first-order valence-corrected chi connectivity index (χ1v) is 8.53. The molecule has 2 saturated heterocycles. The first-order valence-electron chi connectivity index (χ1n) is 8.53. The minimum atomic E-state index is -0.256. The van der Waals surface area contributed by atoms with Crippen molar-refractivity contribution in [1.29, 1.82) is 5.26 Å². The summed E-state index contributed by atoms with van der Waals surface area (Å²) < 4.78 is 8.27. The summed E-state index contributed by atoms with van der Waals surface area (Å²) in [4.78, 5) is 8.77. The molecule has 0 bridgehead atoms. The zero-order chi connectivity index (χ0) is 16.4. The highest BCUT2D eigenvalue weighted by Gasteiger charge is 2.47. The molecule has 1 spiro atoms. The van der Waals surface area contributed by atoms with Crippen LogP contribution in [0.4, 0.5) is 5.95 Å². The van der Waals surface area contributed by atoms with E-state index in [4.69, 9.17) is 4.74 Å². The molecule has 2 fully saturated rings. The van der Waals surface area contributed by atoms with Crippen molar-refractivity contribution in [1.82, 2.24) is 14.5 Å². The van der Waals surface area contributed by atoms with Crippen molar-refractivity contribution in [3.63, 3.8) is 0 Å². The number of aromatic nitrogens is 2. The van der Waals surface area contributed by atoms with Gasteiger partial charge in [-0.1, -0.05) is 0 Å². The van der Waals surface area contributed by atoms with Gasteiger partial charge in [0.1, 0.15) is 6.04 Å². The second-order valence-electron chi connectivity index (χ2n) is 6.98. The van der Waals surface area contributed by atoms with Gasteiger partial charge in [-0.2, -0.15) is 5.26 Å². The zero-order valence-corrected chi connectivity index (χ0v) is 14.5. The standard InChI is InChI=1S/C17H27N5O/c1-20(2)16-19-12-14(21(16)3)13-22-9-6-8-17(15(22)11-18)7-4-5-10-23-17/h12,15H,4-10,13H2,1-3H3. The van der Waals surface area contributed by atoms with E-state index < -0.39 is 0 Å². The highest BCUT2D eigenvalue weighted by molar-refractivity contribution is 5.31. The molecule has 126 valence electrons. The zero-order valence-electron chi connectivity index (χ0n) is 14.5. The maximum Gasteiger partial charge on any atom is 0.204 e. The number of rotatable bonds is 3. The van der Waals surface area contributed by atoms with Crippen LogP contribution in [0.15, 0.2) is 6.20 Å². The van der Waals surface area contributed by atoms with Gasteiger partial charge in [0.2, 0.25) is 5.95 Å². The summed E-state index contributed by atoms with van der Waals surface area (Å²) in [5.74, 6) is 0.939. The second-order valence-corrected chi connectivity index (χ2v) is 6.98.